The average Bonchev–Trinajstić information content (AvgIpc) is 2.94. The van der Waals surface area contributed by atoms with Gasteiger partial charge in [0.25, 0.3) is 0 Å². The highest BCUT2D eigenvalue weighted by molar-refractivity contribution is 7.13. The smallest absolute Gasteiger partial charge is 0.208 e. The molecule has 0 saturated carbocycles. The summed E-state index contributed by atoms with van der Waals surface area (Å²) in [5.74, 6) is 2.35. The van der Waals surface area contributed by atoms with Crippen molar-refractivity contribution in [2.24, 2.45) is 0 Å². The third-order valence-electron chi connectivity index (χ3n) is 2.27. The number of nitrogens with one attached hydrogen (secondary N) is 1. The first-order chi connectivity index (χ1) is 8.19. The number of thiophene rings is 1. The minimum absolute atomic E-state index is 0.423. The van der Waals surface area contributed by atoms with Gasteiger partial charge in [-0.25, -0.2) is 4.98 Å². The van der Waals surface area contributed by atoms with E-state index < -0.39 is 0 Å². The molecule has 0 atom stereocenters. The molecule has 2 rings (SSSR count). The topological polar surface area (TPSA) is 47.3 Å². The second-order valence-electron chi connectivity index (χ2n) is 4.00. The number of methoxy groups -OCH3 is 1. The normalized spacial score (nSPS) is 11.1. The number of aromatic nitrogens is 1. The monoisotopic (exact) mass is 252 g/mol. The summed E-state index contributed by atoms with van der Waals surface area (Å²) in [4.78, 5) is 5.27. The number of hydrogen-bond donors (Lipinski definition) is 1. The summed E-state index contributed by atoms with van der Waals surface area (Å²) in [6.07, 6.45) is 1.75. The first kappa shape index (κ1) is 12.1. The molecule has 0 spiro atoms. The van der Waals surface area contributed by atoms with Gasteiger partial charge in [-0.15, -0.1) is 11.3 Å². The largest absolute Gasteiger partial charge is 0.496 e. The van der Waals surface area contributed by atoms with Gasteiger partial charge in [-0.05, 0) is 0 Å². The van der Waals surface area contributed by atoms with E-state index in [1.54, 1.807) is 24.6 Å². The van der Waals surface area contributed by atoms with Crippen molar-refractivity contribution in [1.29, 1.82) is 0 Å². The van der Waals surface area contributed by atoms with Crippen molar-refractivity contribution in [1.82, 2.24) is 10.3 Å². The molecule has 0 saturated heterocycles. The summed E-state index contributed by atoms with van der Waals surface area (Å²) < 4.78 is 10.8. The van der Waals surface area contributed by atoms with E-state index in [2.05, 4.69) is 24.1 Å². The molecule has 2 aromatic rings. The molecule has 0 aliphatic rings. The predicted octanol–water partition coefficient (Wildman–Crippen LogP) is 2.91. The van der Waals surface area contributed by atoms with Crippen molar-refractivity contribution in [2.75, 3.05) is 7.11 Å². The van der Waals surface area contributed by atoms with Gasteiger partial charge in [0.05, 0.1) is 24.7 Å². The van der Waals surface area contributed by atoms with Crippen LogP contribution in [0.15, 0.2) is 22.1 Å². The Labute approximate surface area is 105 Å². The highest BCUT2D eigenvalue weighted by Gasteiger charge is 2.09. The third-order valence-corrected chi connectivity index (χ3v) is 3.19. The van der Waals surface area contributed by atoms with Gasteiger partial charge in [0.15, 0.2) is 5.76 Å². The summed E-state index contributed by atoms with van der Waals surface area (Å²) in [6, 6.07) is 2.37. The third kappa shape index (κ3) is 3.08. The van der Waals surface area contributed by atoms with E-state index in [-0.39, 0.29) is 0 Å². The Morgan fingerprint density at radius 2 is 2.35 bits per heavy atom. The van der Waals surface area contributed by atoms with Gasteiger partial charge in [0.2, 0.25) is 5.89 Å². The van der Waals surface area contributed by atoms with Gasteiger partial charge >= 0.3 is 0 Å². The molecule has 92 valence electrons. The fraction of sp³-hybridized carbons (Fsp3) is 0.417. The predicted molar refractivity (Wildman–Crippen MR) is 68.3 cm³/mol. The van der Waals surface area contributed by atoms with Crippen LogP contribution >= 0.6 is 11.3 Å². The van der Waals surface area contributed by atoms with Crippen molar-refractivity contribution in [3.05, 3.63) is 23.5 Å². The Morgan fingerprint density at radius 3 is 3.00 bits per heavy atom. The number of nitrogens with zero attached hydrogens (tertiary/aromatic N) is 1. The molecule has 0 aliphatic carbocycles. The van der Waals surface area contributed by atoms with E-state index in [1.165, 1.54) is 0 Å². The highest BCUT2D eigenvalue weighted by Crippen LogP contribution is 2.31. The van der Waals surface area contributed by atoms with Crippen LogP contribution in [0.25, 0.3) is 10.6 Å². The molecular formula is C12H16N2O2S. The molecular weight excluding hydrogens is 236 g/mol. The van der Waals surface area contributed by atoms with E-state index >= 15 is 0 Å². The number of rotatable bonds is 5. The van der Waals surface area contributed by atoms with Crippen molar-refractivity contribution < 1.29 is 9.15 Å². The Kier molecular flexibility index (Phi) is 3.81. The van der Waals surface area contributed by atoms with Crippen LogP contribution in [0.4, 0.5) is 0 Å². The number of hydrogen-bond acceptors (Lipinski definition) is 5. The Hall–Kier alpha value is -1.33. The van der Waals surface area contributed by atoms with Gasteiger partial charge in [0, 0.05) is 17.5 Å². The zero-order chi connectivity index (χ0) is 12.3. The molecule has 0 aliphatic heterocycles. The summed E-state index contributed by atoms with van der Waals surface area (Å²) in [5.41, 5.74) is 0. The highest BCUT2D eigenvalue weighted by atomic mass is 32.1. The first-order valence-corrected chi connectivity index (χ1v) is 6.38. The lowest BCUT2D eigenvalue weighted by molar-refractivity contribution is 0.416. The molecule has 0 bridgehead atoms. The van der Waals surface area contributed by atoms with Crippen LogP contribution in [0, 0.1) is 0 Å². The van der Waals surface area contributed by atoms with Gasteiger partial charge in [0.1, 0.15) is 5.75 Å². The Morgan fingerprint density at radius 1 is 1.53 bits per heavy atom. The van der Waals surface area contributed by atoms with Crippen LogP contribution in [0.2, 0.25) is 0 Å². The Bertz CT molecular complexity index is 476. The Balaban J connectivity index is 2.07. The molecule has 0 radical (unpaired) electrons. The molecule has 0 fully saturated rings. The molecule has 5 heteroatoms. The van der Waals surface area contributed by atoms with Gasteiger partial charge in [-0.2, -0.15) is 0 Å². The van der Waals surface area contributed by atoms with Crippen molar-refractivity contribution in [2.45, 2.75) is 26.4 Å². The summed E-state index contributed by atoms with van der Waals surface area (Å²) >= 11 is 1.59. The van der Waals surface area contributed by atoms with Crippen LogP contribution in [-0.4, -0.2) is 18.1 Å². The maximum absolute atomic E-state index is 5.66. The maximum atomic E-state index is 5.66. The molecule has 1 N–H and O–H groups in total. The van der Waals surface area contributed by atoms with E-state index in [4.69, 9.17) is 9.15 Å². The SMILES string of the molecule is COc1csc(-c2cnc(CNC(C)C)o2)c1. The minimum Gasteiger partial charge on any atom is -0.496 e. The maximum Gasteiger partial charge on any atom is 0.208 e. The van der Waals surface area contributed by atoms with Crippen LogP contribution < -0.4 is 10.1 Å². The summed E-state index contributed by atoms with van der Waals surface area (Å²) in [6.45, 7) is 4.84. The van der Waals surface area contributed by atoms with Crippen LogP contribution in [-0.2, 0) is 6.54 Å². The van der Waals surface area contributed by atoms with E-state index in [0.717, 1.165) is 16.4 Å². The molecule has 2 aromatic heterocycles. The fourth-order valence-electron chi connectivity index (χ4n) is 1.35. The molecule has 4 nitrogen and oxygen atoms in total. The molecule has 0 amide bonds. The zero-order valence-corrected chi connectivity index (χ0v) is 11.0. The zero-order valence-electron chi connectivity index (χ0n) is 10.2. The van der Waals surface area contributed by atoms with Gasteiger partial charge < -0.3 is 14.5 Å². The molecule has 0 unspecified atom stereocenters. The molecule has 2 heterocycles. The minimum atomic E-state index is 0.423. The van der Waals surface area contributed by atoms with Gasteiger partial charge in [-0.3, -0.25) is 0 Å². The second-order valence-corrected chi connectivity index (χ2v) is 4.92. The first-order valence-electron chi connectivity index (χ1n) is 5.50. The number of ether oxygens (including phenoxy) is 1. The molecule has 0 aromatic carbocycles. The lowest BCUT2D eigenvalue weighted by Crippen LogP contribution is -2.21. The summed E-state index contributed by atoms with van der Waals surface area (Å²) in [5, 5.41) is 5.21. The van der Waals surface area contributed by atoms with E-state index in [0.29, 0.717) is 18.5 Å². The quantitative estimate of drug-likeness (QED) is 0.888. The average molecular weight is 252 g/mol. The fourth-order valence-corrected chi connectivity index (χ4v) is 2.15. The number of oxazole rings is 1. The molecule has 17 heavy (non-hydrogen) atoms. The van der Waals surface area contributed by atoms with Gasteiger partial charge in [-0.1, -0.05) is 13.8 Å². The summed E-state index contributed by atoms with van der Waals surface area (Å²) in [7, 11) is 1.66. The standard InChI is InChI=1S/C12H16N2O2S/c1-8(2)13-6-12-14-5-10(16-12)11-4-9(15-3)7-17-11/h4-5,7-8,13H,6H2,1-3H3. The second kappa shape index (κ2) is 5.33. The van der Waals surface area contributed by atoms with Crippen LogP contribution in [0.1, 0.15) is 19.7 Å². The van der Waals surface area contributed by atoms with Crippen molar-refractivity contribution in [3.63, 3.8) is 0 Å². The van der Waals surface area contributed by atoms with E-state index in [1.807, 2.05) is 11.4 Å². The van der Waals surface area contributed by atoms with Crippen LogP contribution in [0.5, 0.6) is 5.75 Å². The van der Waals surface area contributed by atoms with Crippen molar-refractivity contribution >= 4 is 11.3 Å². The lowest BCUT2D eigenvalue weighted by atomic mass is 10.4. The lowest BCUT2D eigenvalue weighted by Gasteiger charge is -2.03. The van der Waals surface area contributed by atoms with Crippen molar-refractivity contribution in [3.8, 4) is 16.4 Å². The van der Waals surface area contributed by atoms with E-state index in [9.17, 15) is 0 Å². The van der Waals surface area contributed by atoms with Crippen LogP contribution in [0.3, 0.4) is 0 Å².